The minimum absolute atomic E-state index is 0.00151. The molecule has 1 aliphatic rings. The number of rotatable bonds is 3. The second kappa shape index (κ2) is 6.07. The Morgan fingerprint density at radius 1 is 1.39 bits per heavy atom. The van der Waals surface area contributed by atoms with Crippen molar-refractivity contribution in [3.8, 4) is 0 Å². The molecule has 2 aromatic rings. The van der Waals surface area contributed by atoms with E-state index in [-0.39, 0.29) is 24.3 Å². The van der Waals surface area contributed by atoms with E-state index in [0.29, 0.717) is 0 Å². The number of anilines is 2. The number of carbonyl (C=O) groups excluding carboxylic acids is 2. The lowest BCUT2D eigenvalue weighted by molar-refractivity contribution is -0.119. The van der Waals surface area contributed by atoms with E-state index in [1.807, 2.05) is 31.2 Å². The first-order chi connectivity index (χ1) is 11.1. The summed E-state index contributed by atoms with van der Waals surface area (Å²) in [6, 6.07) is 7.96. The van der Waals surface area contributed by atoms with Crippen LogP contribution in [0.3, 0.4) is 0 Å². The zero-order valence-corrected chi connectivity index (χ0v) is 12.9. The third kappa shape index (κ3) is 3.01. The Morgan fingerprint density at radius 3 is 2.96 bits per heavy atom. The van der Waals surface area contributed by atoms with E-state index in [1.54, 1.807) is 4.90 Å². The van der Waals surface area contributed by atoms with E-state index >= 15 is 0 Å². The Hall–Kier alpha value is -2.90. The maximum atomic E-state index is 12.6. The normalized spacial score (nSPS) is 16.1. The molecule has 1 aromatic heterocycles. The van der Waals surface area contributed by atoms with Gasteiger partial charge in [-0.1, -0.05) is 18.2 Å². The molecule has 23 heavy (non-hydrogen) atoms. The zero-order chi connectivity index (χ0) is 16.4. The first-order valence-electron chi connectivity index (χ1n) is 7.23. The highest BCUT2D eigenvalue weighted by molar-refractivity contribution is 5.96. The number of ether oxygens (including phenoxy) is 1. The molecule has 1 unspecified atom stereocenters. The summed E-state index contributed by atoms with van der Waals surface area (Å²) in [4.78, 5) is 26.7. The molecule has 0 saturated carbocycles. The van der Waals surface area contributed by atoms with Gasteiger partial charge in [-0.15, -0.1) is 5.10 Å². The van der Waals surface area contributed by atoms with Crippen LogP contribution >= 0.6 is 0 Å². The van der Waals surface area contributed by atoms with Crippen LogP contribution in [0.15, 0.2) is 30.5 Å². The van der Waals surface area contributed by atoms with Crippen molar-refractivity contribution in [1.82, 2.24) is 15.0 Å². The second-order valence-corrected chi connectivity index (χ2v) is 5.32. The van der Waals surface area contributed by atoms with Crippen molar-refractivity contribution < 1.29 is 14.3 Å². The van der Waals surface area contributed by atoms with Crippen molar-refractivity contribution in [2.75, 3.05) is 17.3 Å². The summed E-state index contributed by atoms with van der Waals surface area (Å²) in [5.41, 5.74) is 2.10. The minimum atomic E-state index is -0.634. The van der Waals surface area contributed by atoms with Crippen molar-refractivity contribution in [1.29, 1.82) is 0 Å². The van der Waals surface area contributed by atoms with Gasteiger partial charge in [0.1, 0.15) is 6.54 Å². The molecule has 3 rings (SSSR count). The van der Waals surface area contributed by atoms with Crippen molar-refractivity contribution in [3.05, 3.63) is 36.0 Å². The van der Waals surface area contributed by atoms with Crippen LogP contribution in [0.1, 0.15) is 12.5 Å². The van der Waals surface area contributed by atoms with Gasteiger partial charge in [0.15, 0.2) is 5.82 Å². The number of amides is 2. The molecule has 0 radical (unpaired) electrons. The average Bonchev–Trinajstić information content (AvgIpc) is 3.09. The molecule has 120 valence electrons. The number of nitrogens with zero attached hydrogens (tertiary/aromatic N) is 4. The number of nitrogens with one attached hydrogen (secondary N) is 1. The number of carbonyl (C=O) groups is 2. The van der Waals surface area contributed by atoms with Gasteiger partial charge in [-0.25, -0.2) is 4.79 Å². The lowest BCUT2D eigenvalue weighted by atomic mass is 10.1. The summed E-state index contributed by atoms with van der Waals surface area (Å²) < 4.78 is 4.48. The topological polar surface area (TPSA) is 89.3 Å². The Morgan fingerprint density at radius 2 is 2.17 bits per heavy atom. The molecule has 0 spiro atoms. The van der Waals surface area contributed by atoms with Gasteiger partial charge in [-0.3, -0.25) is 10.1 Å². The summed E-state index contributed by atoms with van der Waals surface area (Å²) in [7, 11) is 1.26. The summed E-state index contributed by atoms with van der Waals surface area (Å²) in [5, 5.41) is 10.4. The third-order valence-electron chi connectivity index (χ3n) is 3.70. The van der Waals surface area contributed by atoms with Gasteiger partial charge in [0.2, 0.25) is 0 Å². The third-order valence-corrected chi connectivity index (χ3v) is 3.70. The molecule has 1 atom stereocenters. The number of fused-ring (bicyclic) bond motifs is 1. The fourth-order valence-electron chi connectivity index (χ4n) is 2.73. The number of benzene rings is 1. The van der Waals surface area contributed by atoms with Crippen LogP contribution in [0, 0.1) is 0 Å². The lowest BCUT2D eigenvalue weighted by Crippen LogP contribution is -2.38. The molecular formula is C15H17N5O3. The summed E-state index contributed by atoms with van der Waals surface area (Å²) >= 11 is 0. The van der Waals surface area contributed by atoms with Crippen LogP contribution < -0.4 is 10.2 Å². The van der Waals surface area contributed by atoms with Crippen molar-refractivity contribution >= 4 is 23.5 Å². The minimum Gasteiger partial charge on any atom is -0.453 e. The van der Waals surface area contributed by atoms with Gasteiger partial charge >= 0.3 is 6.09 Å². The Kier molecular flexibility index (Phi) is 3.96. The molecule has 8 nitrogen and oxygen atoms in total. The van der Waals surface area contributed by atoms with E-state index in [9.17, 15) is 9.59 Å². The predicted octanol–water partition coefficient (Wildman–Crippen LogP) is 1.43. The van der Waals surface area contributed by atoms with Crippen molar-refractivity contribution in [3.63, 3.8) is 0 Å². The molecule has 0 aliphatic carbocycles. The molecule has 8 heteroatoms. The summed E-state index contributed by atoms with van der Waals surface area (Å²) in [6.07, 6.45) is 1.57. The molecule has 1 aromatic carbocycles. The van der Waals surface area contributed by atoms with Crippen LogP contribution in [-0.4, -0.2) is 40.1 Å². The smallest absolute Gasteiger partial charge is 0.412 e. The fraction of sp³-hybridized carbons (Fsp3) is 0.333. The number of hydrogen-bond acceptors (Lipinski definition) is 5. The first kappa shape index (κ1) is 15.0. The number of methoxy groups -OCH3 is 1. The SMILES string of the molecule is COC(=O)Nc1cnn(CC(=O)N2c3ccccc3CC2C)n1. The molecule has 1 aliphatic heterocycles. The Bertz CT molecular complexity index is 742. The number of hydrogen-bond donors (Lipinski definition) is 1. The van der Waals surface area contributed by atoms with Gasteiger partial charge in [-0.2, -0.15) is 9.90 Å². The van der Waals surface area contributed by atoms with E-state index < -0.39 is 6.09 Å². The van der Waals surface area contributed by atoms with Gasteiger partial charge < -0.3 is 9.64 Å². The van der Waals surface area contributed by atoms with Crippen LogP contribution in [0.4, 0.5) is 16.3 Å². The quantitative estimate of drug-likeness (QED) is 0.925. The lowest BCUT2D eigenvalue weighted by Gasteiger charge is -2.22. The fourth-order valence-corrected chi connectivity index (χ4v) is 2.73. The summed E-state index contributed by atoms with van der Waals surface area (Å²) in [5.74, 6) is 0.141. The van der Waals surface area contributed by atoms with Crippen molar-refractivity contribution in [2.45, 2.75) is 25.9 Å². The van der Waals surface area contributed by atoms with E-state index in [0.717, 1.165) is 17.7 Å². The van der Waals surface area contributed by atoms with Crippen LogP contribution in [-0.2, 0) is 22.5 Å². The van der Waals surface area contributed by atoms with Gasteiger partial charge in [0.25, 0.3) is 5.91 Å². The zero-order valence-electron chi connectivity index (χ0n) is 12.9. The summed E-state index contributed by atoms with van der Waals surface area (Å²) in [6.45, 7) is 2.01. The maximum Gasteiger partial charge on any atom is 0.412 e. The van der Waals surface area contributed by atoms with E-state index in [1.165, 1.54) is 18.1 Å². The molecule has 0 saturated heterocycles. The first-order valence-corrected chi connectivity index (χ1v) is 7.23. The van der Waals surface area contributed by atoms with Crippen LogP contribution in [0.25, 0.3) is 0 Å². The van der Waals surface area contributed by atoms with E-state index in [2.05, 4.69) is 20.3 Å². The molecular weight excluding hydrogens is 298 g/mol. The molecule has 2 heterocycles. The van der Waals surface area contributed by atoms with E-state index in [4.69, 9.17) is 0 Å². The van der Waals surface area contributed by atoms with Crippen LogP contribution in [0.2, 0.25) is 0 Å². The monoisotopic (exact) mass is 315 g/mol. The highest BCUT2D eigenvalue weighted by Crippen LogP contribution is 2.31. The van der Waals surface area contributed by atoms with Crippen LogP contribution in [0.5, 0.6) is 0 Å². The molecule has 2 amide bonds. The van der Waals surface area contributed by atoms with Gasteiger partial charge in [0.05, 0.1) is 13.3 Å². The van der Waals surface area contributed by atoms with Gasteiger partial charge in [-0.05, 0) is 25.0 Å². The molecule has 0 fully saturated rings. The Labute approximate surface area is 133 Å². The van der Waals surface area contributed by atoms with Gasteiger partial charge in [0, 0.05) is 11.7 Å². The number of aromatic nitrogens is 3. The van der Waals surface area contributed by atoms with Crippen molar-refractivity contribution in [2.24, 2.45) is 0 Å². The molecule has 1 N–H and O–H groups in total. The highest BCUT2D eigenvalue weighted by atomic mass is 16.5. The second-order valence-electron chi connectivity index (χ2n) is 5.32. The highest BCUT2D eigenvalue weighted by Gasteiger charge is 2.30. The standard InChI is InChI=1S/C15H17N5O3/c1-10-7-11-5-3-4-6-12(11)20(10)14(21)9-19-16-8-13(18-19)17-15(22)23-2/h3-6,8,10H,7,9H2,1-2H3,(H,17,18,22). The average molecular weight is 315 g/mol. The molecule has 0 bridgehead atoms. The maximum absolute atomic E-state index is 12.6. The number of para-hydroxylation sites is 1. The Balaban J connectivity index is 1.71. The predicted molar refractivity (Wildman–Crippen MR) is 83.1 cm³/mol. The largest absolute Gasteiger partial charge is 0.453 e.